The quantitative estimate of drug-likeness (QED) is 0.152. The fraction of sp³-hybridized carbons (Fsp3) is 0.393. The molecule has 0 aliphatic carbocycles. The van der Waals surface area contributed by atoms with Gasteiger partial charge in [-0.05, 0) is 23.7 Å². The van der Waals surface area contributed by atoms with Gasteiger partial charge in [0.15, 0.2) is 5.82 Å². The zero-order valence-electron chi connectivity index (χ0n) is 23.1. The monoisotopic (exact) mass is 541 g/mol. The molecule has 8 nitrogen and oxygen atoms in total. The Morgan fingerprint density at radius 1 is 1.08 bits per heavy atom. The van der Waals surface area contributed by atoms with Crippen LogP contribution in [0.25, 0.3) is 22.4 Å². The molecule has 0 aromatic carbocycles. The van der Waals surface area contributed by atoms with Gasteiger partial charge in [0, 0.05) is 56.6 Å². The molecule has 0 spiro atoms. The van der Waals surface area contributed by atoms with E-state index in [2.05, 4.69) is 71.9 Å². The molecule has 4 rings (SSSR count). The molecule has 0 saturated heterocycles. The first-order valence-electron chi connectivity index (χ1n) is 12.8. The number of rotatable bonds is 9. The second kappa shape index (κ2) is 11.4. The minimum atomic E-state index is -1.51. The average Bonchev–Trinajstić information content (AvgIpc) is 3.50. The van der Waals surface area contributed by atoms with Crippen LogP contribution in [-0.4, -0.2) is 52.1 Å². The highest BCUT2D eigenvalue weighted by Gasteiger charge is 2.18. The van der Waals surface area contributed by atoms with Crippen molar-refractivity contribution in [2.75, 3.05) is 6.61 Å². The van der Waals surface area contributed by atoms with E-state index in [1.54, 1.807) is 23.3 Å². The molecule has 0 fully saturated rings. The van der Waals surface area contributed by atoms with E-state index >= 15 is 0 Å². The minimum Gasteiger partial charge on any atom is -0.361 e. The second-order valence-corrected chi connectivity index (χ2v) is 22.1. The van der Waals surface area contributed by atoms with Crippen molar-refractivity contribution in [3.63, 3.8) is 0 Å². The largest absolute Gasteiger partial charge is 0.361 e. The summed E-state index contributed by atoms with van der Waals surface area (Å²) in [4.78, 5) is 13.8. The number of hydrogen-bond acceptors (Lipinski definition) is 6. The lowest BCUT2D eigenvalue weighted by Crippen LogP contribution is -2.22. The predicted octanol–water partition coefficient (Wildman–Crippen LogP) is 5.73. The van der Waals surface area contributed by atoms with Gasteiger partial charge in [0.25, 0.3) is 0 Å². The summed E-state index contributed by atoms with van der Waals surface area (Å²) in [7, 11) is -2.65. The van der Waals surface area contributed by atoms with Crippen molar-refractivity contribution in [2.45, 2.75) is 64.5 Å². The minimum absolute atomic E-state index is 0.255. The predicted molar refractivity (Wildman–Crippen MR) is 156 cm³/mol. The van der Waals surface area contributed by atoms with Crippen LogP contribution >= 0.6 is 0 Å². The molecular weight excluding hydrogens is 507 g/mol. The molecule has 38 heavy (non-hydrogen) atoms. The SMILES string of the molecule is C[Si](C)(C)C#Cc1cncc(C(CC#N)n2cc(-c3ncc4ccn(COCC[Si](C)(C)C)c4n3)cn2)c1. The maximum atomic E-state index is 9.55. The molecule has 4 aromatic heterocycles. The Balaban J connectivity index is 1.57. The molecule has 0 saturated carbocycles. The first-order valence-corrected chi connectivity index (χ1v) is 20.0. The van der Waals surface area contributed by atoms with E-state index in [1.165, 1.54) is 0 Å². The van der Waals surface area contributed by atoms with E-state index in [-0.39, 0.29) is 12.5 Å². The van der Waals surface area contributed by atoms with Gasteiger partial charge in [-0.3, -0.25) is 9.67 Å². The first-order chi connectivity index (χ1) is 18.0. The van der Waals surface area contributed by atoms with Crippen molar-refractivity contribution in [2.24, 2.45) is 0 Å². The Morgan fingerprint density at radius 2 is 1.89 bits per heavy atom. The van der Waals surface area contributed by atoms with Crippen LogP contribution in [0.4, 0.5) is 0 Å². The maximum Gasteiger partial charge on any atom is 0.164 e. The third-order valence-electron chi connectivity index (χ3n) is 5.92. The number of nitrogens with zero attached hydrogens (tertiary/aromatic N) is 7. The summed E-state index contributed by atoms with van der Waals surface area (Å²) in [6, 6.07) is 7.12. The Bertz CT molecular complexity index is 1510. The molecule has 4 aromatic rings. The summed E-state index contributed by atoms with van der Waals surface area (Å²) < 4.78 is 9.74. The highest BCUT2D eigenvalue weighted by molar-refractivity contribution is 6.83. The third-order valence-corrected chi connectivity index (χ3v) is 8.50. The van der Waals surface area contributed by atoms with E-state index in [9.17, 15) is 5.26 Å². The van der Waals surface area contributed by atoms with Crippen molar-refractivity contribution in [3.05, 3.63) is 60.4 Å². The van der Waals surface area contributed by atoms with Crippen LogP contribution in [-0.2, 0) is 11.5 Å². The van der Waals surface area contributed by atoms with Gasteiger partial charge in [0.1, 0.15) is 20.5 Å². The van der Waals surface area contributed by atoms with Gasteiger partial charge in [0.2, 0.25) is 0 Å². The topological polar surface area (TPSA) is 94.4 Å². The molecule has 4 heterocycles. The molecule has 0 aliphatic heterocycles. The molecule has 196 valence electrons. The van der Waals surface area contributed by atoms with Crippen LogP contribution in [0.3, 0.4) is 0 Å². The van der Waals surface area contributed by atoms with Gasteiger partial charge in [0.05, 0.1) is 30.3 Å². The molecule has 0 bridgehead atoms. The molecule has 0 radical (unpaired) electrons. The molecule has 10 heteroatoms. The van der Waals surface area contributed by atoms with Gasteiger partial charge >= 0.3 is 0 Å². The first kappa shape index (κ1) is 27.5. The molecule has 0 N–H and O–H groups in total. The van der Waals surface area contributed by atoms with Gasteiger partial charge < -0.3 is 9.30 Å². The fourth-order valence-electron chi connectivity index (χ4n) is 3.80. The standard InChI is InChI=1S/C28H35N7OSi2/c1-37(2,3)13-9-22-15-24(17-30-16-22)26(7-10-29)35-20-25(19-32-35)27-31-18-23-8-11-34(28(23)33-27)21-36-12-14-38(4,5)6/h8,11,15-20,26H,7,12,14,21H2,1-6H3. The van der Waals surface area contributed by atoms with Crippen molar-refractivity contribution < 1.29 is 4.74 Å². The maximum absolute atomic E-state index is 9.55. The molecule has 1 atom stereocenters. The van der Waals surface area contributed by atoms with Crippen LogP contribution in [0, 0.1) is 22.8 Å². The van der Waals surface area contributed by atoms with E-state index in [0.717, 1.165) is 40.4 Å². The molecule has 1 unspecified atom stereocenters. The Morgan fingerprint density at radius 3 is 2.63 bits per heavy atom. The van der Waals surface area contributed by atoms with Gasteiger partial charge in [-0.2, -0.15) is 10.4 Å². The normalized spacial score (nSPS) is 12.7. The number of ether oxygens (including phenoxy) is 1. The number of nitriles is 1. The highest BCUT2D eigenvalue weighted by Crippen LogP contribution is 2.25. The number of hydrogen-bond donors (Lipinski definition) is 0. The Hall–Kier alpha value is -3.58. The van der Waals surface area contributed by atoms with Crippen LogP contribution in [0.1, 0.15) is 23.6 Å². The van der Waals surface area contributed by atoms with E-state index in [1.807, 2.05) is 35.3 Å². The van der Waals surface area contributed by atoms with Gasteiger partial charge in [-0.25, -0.2) is 9.97 Å². The number of pyridine rings is 1. The van der Waals surface area contributed by atoms with Gasteiger partial charge in [-0.1, -0.05) is 45.2 Å². The van der Waals surface area contributed by atoms with Crippen LogP contribution in [0.15, 0.2) is 49.3 Å². The second-order valence-electron chi connectivity index (χ2n) is 11.7. The Labute approximate surface area is 226 Å². The molecular formula is C28H35N7OSi2. The summed E-state index contributed by atoms with van der Waals surface area (Å²) in [5, 5.41) is 15.1. The summed E-state index contributed by atoms with van der Waals surface area (Å²) in [5.74, 6) is 3.83. The summed E-state index contributed by atoms with van der Waals surface area (Å²) in [5.41, 5.74) is 6.72. The van der Waals surface area contributed by atoms with E-state index in [0.29, 0.717) is 12.6 Å². The Kier molecular flexibility index (Phi) is 8.27. The molecule has 0 aliphatic rings. The fourth-order valence-corrected chi connectivity index (χ4v) is 5.07. The molecule has 0 amide bonds. The lowest BCUT2D eigenvalue weighted by atomic mass is 10.1. The van der Waals surface area contributed by atoms with E-state index < -0.39 is 16.1 Å². The zero-order valence-corrected chi connectivity index (χ0v) is 25.1. The van der Waals surface area contributed by atoms with E-state index in [4.69, 9.17) is 9.72 Å². The lowest BCUT2D eigenvalue weighted by Gasteiger charge is -2.15. The van der Waals surface area contributed by atoms with Crippen molar-refractivity contribution in [1.29, 1.82) is 5.26 Å². The summed E-state index contributed by atoms with van der Waals surface area (Å²) in [6.07, 6.45) is 11.2. The van der Waals surface area contributed by atoms with Crippen LogP contribution in [0.5, 0.6) is 0 Å². The third kappa shape index (κ3) is 7.26. The average molecular weight is 542 g/mol. The van der Waals surface area contributed by atoms with Crippen molar-refractivity contribution in [3.8, 4) is 28.9 Å². The van der Waals surface area contributed by atoms with Crippen LogP contribution in [0.2, 0.25) is 45.3 Å². The van der Waals surface area contributed by atoms with Gasteiger partial charge in [-0.15, -0.1) is 5.54 Å². The number of aromatic nitrogens is 6. The number of fused-ring (bicyclic) bond motifs is 1. The summed E-state index contributed by atoms with van der Waals surface area (Å²) >= 11 is 0. The van der Waals surface area contributed by atoms with Crippen molar-refractivity contribution in [1.82, 2.24) is 29.3 Å². The smallest absolute Gasteiger partial charge is 0.164 e. The zero-order chi connectivity index (χ0) is 27.3. The highest BCUT2D eigenvalue weighted by atomic mass is 28.3. The van der Waals surface area contributed by atoms with Crippen molar-refractivity contribution >= 4 is 27.2 Å². The lowest BCUT2D eigenvalue weighted by molar-refractivity contribution is 0.0899. The van der Waals surface area contributed by atoms with Crippen LogP contribution < -0.4 is 0 Å². The summed E-state index contributed by atoms with van der Waals surface area (Å²) in [6.45, 7) is 14.9.